The summed E-state index contributed by atoms with van der Waals surface area (Å²) in [6.07, 6.45) is 0.443. The molecule has 1 aromatic rings. The molecular weight excluding hydrogens is 236 g/mol. The Balaban J connectivity index is 2.37. The van der Waals surface area contributed by atoms with Gasteiger partial charge in [-0.2, -0.15) is 0 Å². The summed E-state index contributed by atoms with van der Waals surface area (Å²) in [7, 11) is 1.50. The van der Waals surface area contributed by atoms with Crippen LogP contribution in [0.4, 0.5) is 0 Å². The second-order valence-electron chi connectivity index (χ2n) is 4.18. The average Bonchev–Trinajstić information content (AvgIpc) is 2.38. The molecule has 6 nitrogen and oxygen atoms in total. The largest absolute Gasteiger partial charge is 0.496 e. The minimum absolute atomic E-state index is 0.163. The van der Waals surface area contributed by atoms with Gasteiger partial charge < -0.3 is 10.1 Å². The standard InChI is InChI=1S/C12H14N2O4/c1-18-10-5-3-2-4-8(10)12-9(14(16)17)6-7-11(15)13-12/h2-5,9,12H,6-7H2,1H3,(H,13,15)/t9-,12+/m0/s1. The number of carbonyl (C=O) groups excluding carboxylic acids is 1. The van der Waals surface area contributed by atoms with E-state index in [1.54, 1.807) is 24.3 Å². The van der Waals surface area contributed by atoms with Gasteiger partial charge in [0.25, 0.3) is 0 Å². The van der Waals surface area contributed by atoms with Gasteiger partial charge in [-0.1, -0.05) is 18.2 Å². The number of nitro groups is 1. The summed E-state index contributed by atoms with van der Waals surface area (Å²) < 4.78 is 5.19. The van der Waals surface area contributed by atoms with Crippen molar-refractivity contribution in [3.8, 4) is 5.75 Å². The predicted octanol–water partition coefficient (Wildman–Crippen LogP) is 1.29. The van der Waals surface area contributed by atoms with Crippen LogP contribution in [0.2, 0.25) is 0 Å². The molecule has 0 aromatic heterocycles. The Kier molecular flexibility index (Phi) is 3.45. The molecule has 1 heterocycles. The number of nitrogens with one attached hydrogen (secondary N) is 1. The van der Waals surface area contributed by atoms with E-state index in [1.807, 2.05) is 0 Å². The molecule has 18 heavy (non-hydrogen) atoms. The maximum Gasteiger partial charge on any atom is 0.237 e. The van der Waals surface area contributed by atoms with Crippen molar-refractivity contribution in [2.24, 2.45) is 0 Å². The minimum atomic E-state index is -0.806. The number of amides is 1. The molecular formula is C12H14N2O4. The third-order valence-corrected chi connectivity index (χ3v) is 3.11. The molecule has 2 atom stereocenters. The number of hydrogen-bond acceptors (Lipinski definition) is 4. The van der Waals surface area contributed by atoms with Crippen LogP contribution in [-0.2, 0) is 4.79 Å². The first-order chi connectivity index (χ1) is 8.63. The van der Waals surface area contributed by atoms with E-state index in [-0.39, 0.29) is 23.7 Å². The van der Waals surface area contributed by atoms with Crippen LogP contribution in [0.5, 0.6) is 5.75 Å². The van der Waals surface area contributed by atoms with Crippen LogP contribution in [0.1, 0.15) is 24.4 Å². The monoisotopic (exact) mass is 250 g/mol. The smallest absolute Gasteiger partial charge is 0.237 e. The topological polar surface area (TPSA) is 81.5 Å². The molecule has 1 aromatic carbocycles. The van der Waals surface area contributed by atoms with Crippen molar-refractivity contribution in [1.29, 1.82) is 0 Å². The van der Waals surface area contributed by atoms with Gasteiger partial charge in [0.2, 0.25) is 11.9 Å². The molecule has 96 valence electrons. The van der Waals surface area contributed by atoms with E-state index >= 15 is 0 Å². The maximum atomic E-state index is 11.4. The number of benzene rings is 1. The van der Waals surface area contributed by atoms with E-state index in [9.17, 15) is 14.9 Å². The molecule has 1 fully saturated rings. The third-order valence-electron chi connectivity index (χ3n) is 3.11. The molecule has 0 aliphatic carbocycles. The van der Waals surface area contributed by atoms with Crippen LogP contribution < -0.4 is 10.1 Å². The molecule has 1 amide bonds. The summed E-state index contributed by atoms with van der Waals surface area (Å²) in [5.74, 6) is 0.389. The quantitative estimate of drug-likeness (QED) is 0.647. The molecule has 6 heteroatoms. The summed E-state index contributed by atoms with van der Waals surface area (Å²) in [4.78, 5) is 22.2. The molecule has 0 radical (unpaired) electrons. The van der Waals surface area contributed by atoms with E-state index in [0.717, 1.165) is 0 Å². The van der Waals surface area contributed by atoms with Crippen LogP contribution in [0.25, 0.3) is 0 Å². The van der Waals surface area contributed by atoms with E-state index in [4.69, 9.17) is 4.74 Å². The van der Waals surface area contributed by atoms with Gasteiger partial charge in [-0.05, 0) is 6.07 Å². The number of rotatable bonds is 3. The summed E-state index contributed by atoms with van der Waals surface area (Å²) in [5, 5.41) is 13.7. The summed E-state index contributed by atoms with van der Waals surface area (Å²) >= 11 is 0. The predicted molar refractivity (Wildman–Crippen MR) is 63.9 cm³/mol. The van der Waals surface area contributed by atoms with Crippen molar-refractivity contribution in [2.75, 3.05) is 7.11 Å². The van der Waals surface area contributed by atoms with Crippen molar-refractivity contribution in [2.45, 2.75) is 24.9 Å². The second-order valence-corrected chi connectivity index (χ2v) is 4.18. The summed E-state index contributed by atoms with van der Waals surface area (Å²) in [6.45, 7) is 0. The highest BCUT2D eigenvalue weighted by molar-refractivity contribution is 5.77. The fourth-order valence-corrected chi connectivity index (χ4v) is 2.22. The van der Waals surface area contributed by atoms with Crippen molar-refractivity contribution in [3.63, 3.8) is 0 Å². The van der Waals surface area contributed by atoms with Crippen molar-refractivity contribution < 1.29 is 14.5 Å². The van der Waals surface area contributed by atoms with Crippen molar-refractivity contribution in [1.82, 2.24) is 5.32 Å². The molecule has 0 saturated carbocycles. The van der Waals surface area contributed by atoms with Gasteiger partial charge in [0.1, 0.15) is 11.8 Å². The molecule has 1 N–H and O–H groups in total. The van der Waals surface area contributed by atoms with Gasteiger partial charge in [0.15, 0.2) is 0 Å². The number of piperidine rings is 1. The Bertz CT molecular complexity index is 475. The third kappa shape index (κ3) is 2.27. The number of hydrogen-bond donors (Lipinski definition) is 1. The van der Waals surface area contributed by atoms with Gasteiger partial charge in [0.05, 0.1) is 7.11 Å². The van der Waals surface area contributed by atoms with Gasteiger partial charge in [-0.25, -0.2) is 0 Å². The summed E-state index contributed by atoms with van der Waals surface area (Å²) in [5.41, 5.74) is 0.648. The van der Waals surface area contributed by atoms with Crippen LogP contribution in [0.3, 0.4) is 0 Å². The van der Waals surface area contributed by atoms with Crippen LogP contribution in [0.15, 0.2) is 24.3 Å². The number of carbonyl (C=O) groups is 1. The molecule has 1 saturated heterocycles. The summed E-state index contributed by atoms with van der Waals surface area (Å²) in [6, 6.07) is 5.60. The van der Waals surface area contributed by atoms with Gasteiger partial charge >= 0.3 is 0 Å². The first-order valence-electron chi connectivity index (χ1n) is 5.69. The number of methoxy groups -OCH3 is 1. The Labute approximate surface area is 104 Å². The van der Waals surface area contributed by atoms with Crippen LogP contribution in [0, 0.1) is 10.1 Å². The molecule has 2 rings (SSSR count). The van der Waals surface area contributed by atoms with E-state index in [1.165, 1.54) is 7.11 Å². The molecule has 1 aliphatic rings. The Morgan fingerprint density at radius 2 is 2.17 bits per heavy atom. The van der Waals surface area contributed by atoms with E-state index in [0.29, 0.717) is 11.3 Å². The molecule has 0 spiro atoms. The SMILES string of the molecule is COc1ccccc1[C@H]1NC(=O)CC[C@@H]1[N+](=O)[O-]. The Hall–Kier alpha value is -2.11. The number of para-hydroxylation sites is 1. The fraction of sp³-hybridized carbons (Fsp3) is 0.417. The number of nitrogens with zero attached hydrogens (tertiary/aromatic N) is 1. The first-order valence-corrected chi connectivity index (χ1v) is 5.69. The van der Waals surface area contributed by atoms with Crippen molar-refractivity contribution in [3.05, 3.63) is 39.9 Å². The highest BCUT2D eigenvalue weighted by atomic mass is 16.6. The van der Waals surface area contributed by atoms with Gasteiger partial charge in [-0.3, -0.25) is 14.9 Å². The molecule has 1 aliphatic heterocycles. The lowest BCUT2D eigenvalue weighted by atomic mass is 9.92. The van der Waals surface area contributed by atoms with Crippen LogP contribution in [-0.4, -0.2) is 24.0 Å². The lowest BCUT2D eigenvalue weighted by Gasteiger charge is -2.27. The maximum absolute atomic E-state index is 11.4. The lowest BCUT2D eigenvalue weighted by Crippen LogP contribution is -2.45. The average molecular weight is 250 g/mol. The first kappa shape index (κ1) is 12.3. The highest BCUT2D eigenvalue weighted by Gasteiger charge is 2.39. The van der Waals surface area contributed by atoms with E-state index < -0.39 is 12.1 Å². The zero-order valence-electron chi connectivity index (χ0n) is 9.96. The Morgan fingerprint density at radius 1 is 1.44 bits per heavy atom. The number of ether oxygens (including phenoxy) is 1. The zero-order chi connectivity index (χ0) is 13.1. The minimum Gasteiger partial charge on any atom is -0.496 e. The normalized spacial score (nSPS) is 23.3. The molecule has 0 bridgehead atoms. The second kappa shape index (κ2) is 5.03. The molecule has 0 unspecified atom stereocenters. The zero-order valence-corrected chi connectivity index (χ0v) is 9.96. The lowest BCUT2D eigenvalue weighted by molar-refractivity contribution is -0.529. The van der Waals surface area contributed by atoms with Crippen LogP contribution >= 0.6 is 0 Å². The van der Waals surface area contributed by atoms with Gasteiger partial charge in [-0.15, -0.1) is 0 Å². The Morgan fingerprint density at radius 3 is 2.83 bits per heavy atom. The highest BCUT2D eigenvalue weighted by Crippen LogP contribution is 2.32. The van der Waals surface area contributed by atoms with E-state index in [2.05, 4.69) is 5.32 Å². The fourth-order valence-electron chi connectivity index (χ4n) is 2.22. The van der Waals surface area contributed by atoms with Crippen molar-refractivity contribution >= 4 is 5.91 Å². The van der Waals surface area contributed by atoms with Gasteiger partial charge in [0, 0.05) is 23.3 Å².